The summed E-state index contributed by atoms with van der Waals surface area (Å²) in [6, 6.07) is 12.2. The predicted octanol–water partition coefficient (Wildman–Crippen LogP) is 3.53. The van der Waals surface area contributed by atoms with Gasteiger partial charge in [-0.15, -0.1) is 0 Å². The zero-order chi connectivity index (χ0) is 18.2. The fraction of sp³-hybridized carbons (Fsp3) is 0.118. The van der Waals surface area contributed by atoms with Crippen LogP contribution in [0.25, 0.3) is 10.9 Å². The fourth-order valence-electron chi connectivity index (χ4n) is 2.39. The molecule has 25 heavy (non-hydrogen) atoms. The van der Waals surface area contributed by atoms with E-state index in [1.54, 1.807) is 19.1 Å². The van der Waals surface area contributed by atoms with E-state index < -0.39 is 15.0 Å². The van der Waals surface area contributed by atoms with Gasteiger partial charge < -0.3 is 4.18 Å². The zero-order valence-electron chi connectivity index (χ0n) is 13.5. The van der Waals surface area contributed by atoms with E-state index in [9.17, 15) is 18.5 Å². The molecular weight excluding hydrogens is 344 g/mol. The lowest BCUT2D eigenvalue weighted by molar-refractivity contribution is -0.385. The van der Waals surface area contributed by atoms with E-state index in [2.05, 4.69) is 4.98 Å². The van der Waals surface area contributed by atoms with Gasteiger partial charge in [0.2, 0.25) is 0 Å². The maximum absolute atomic E-state index is 12.5. The van der Waals surface area contributed by atoms with Gasteiger partial charge in [0.15, 0.2) is 5.75 Å². The highest BCUT2D eigenvalue weighted by Crippen LogP contribution is 2.29. The maximum Gasteiger partial charge on any atom is 0.339 e. The Morgan fingerprint density at radius 1 is 1.08 bits per heavy atom. The molecule has 0 bridgehead atoms. The van der Waals surface area contributed by atoms with Crippen molar-refractivity contribution in [1.82, 2.24) is 4.98 Å². The summed E-state index contributed by atoms with van der Waals surface area (Å²) in [6.07, 6.45) is 0. The molecule has 0 saturated heterocycles. The average molecular weight is 358 g/mol. The third kappa shape index (κ3) is 3.29. The number of para-hydroxylation sites is 1. The van der Waals surface area contributed by atoms with Crippen molar-refractivity contribution < 1.29 is 17.5 Å². The molecule has 0 fully saturated rings. The maximum atomic E-state index is 12.5. The lowest BCUT2D eigenvalue weighted by atomic mass is 10.2. The molecule has 3 aromatic rings. The fourth-order valence-corrected chi connectivity index (χ4v) is 3.35. The molecule has 0 aliphatic carbocycles. The molecule has 0 amide bonds. The van der Waals surface area contributed by atoms with Crippen LogP contribution in [0.4, 0.5) is 5.69 Å². The molecule has 0 atom stereocenters. The van der Waals surface area contributed by atoms with E-state index >= 15 is 0 Å². The SMILES string of the molecule is Cc1ccc2cccc(OS(=O)(=O)c3ccc(C)c([N+](=O)[O-])c3)c2n1. The normalized spacial score (nSPS) is 11.4. The van der Waals surface area contributed by atoms with Crippen LogP contribution in [0.15, 0.2) is 53.4 Å². The largest absolute Gasteiger partial charge is 0.377 e. The van der Waals surface area contributed by atoms with Crippen LogP contribution < -0.4 is 4.18 Å². The van der Waals surface area contributed by atoms with E-state index in [0.29, 0.717) is 16.8 Å². The number of rotatable bonds is 4. The summed E-state index contributed by atoms with van der Waals surface area (Å²) in [5.74, 6) is 0.0735. The molecule has 0 aliphatic heterocycles. The molecule has 0 unspecified atom stereocenters. The summed E-state index contributed by atoms with van der Waals surface area (Å²) in [5.41, 5.74) is 1.21. The minimum Gasteiger partial charge on any atom is -0.377 e. The second kappa shape index (κ2) is 6.14. The van der Waals surface area contributed by atoms with Gasteiger partial charge in [-0.3, -0.25) is 10.1 Å². The summed E-state index contributed by atoms with van der Waals surface area (Å²) in [7, 11) is -4.23. The number of fused-ring (bicyclic) bond motifs is 1. The molecule has 2 aromatic carbocycles. The third-order valence-electron chi connectivity index (χ3n) is 3.69. The first-order chi connectivity index (χ1) is 11.8. The Bertz CT molecular complexity index is 1090. The Hall–Kier alpha value is -3.00. The van der Waals surface area contributed by atoms with E-state index in [0.717, 1.165) is 11.5 Å². The summed E-state index contributed by atoms with van der Waals surface area (Å²) >= 11 is 0. The quantitative estimate of drug-likeness (QED) is 0.402. The topological polar surface area (TPSA) is 99.4 Å². The van der Waals surface area contributed by atoms with Crippen molar-refractivity contribution >= 4 is 26.7 Å². The number of hydrogen-bond acceptors (Lipinski definition) is 6. The van der Waals surface area contributed by atoms with Crippen LogP contribution in [-0.2, 0) is 10.1 Å². The smallest absolute Gasteiger partial charge is 0.339 e. The summed E-state index contributed by atoms with van der Waals surface area (Å²) in [5, 5.41) is 11.8. The molecule has 1 aromatic heterocycles. The molecule has 0 saturated carbocycles. The molecular formula is C17H14N2O5S. The Morgan fingerprint density at radius 3 is 2.56 bits per heavy atom. The van der Waals surface area contributed by atoms with Crippen LogP contribution in [-0.4, -0.2) is 18.3 Å². The van der Waals surface area contributed by atoms with Crippen molar-refractivity contribution in [2.75, 3.05) is 0 Å². The van der Waals surface area contributed by atoms with Crippen molar-refractivity contribution in [3.8, 4) is 5.75 Å². The van der Waals surface area contributed by atoms with Gasteiger partial charge >= 0.3 is 10.1 Å². The van der Waals surface area contributed by atoms with Crippen LogP contribution in [0, 0.1) is 24.0 Å². The molecule has 0 spiro atoms. The first-order valence-electron chi connectivity index (χ1n) is 7.34. The van der Waals surface area contributed by atoms with Gasteiger partial charge in [-0.1, -0.05) is 24.3 Å². The van der Waals surface area contributed by atoms with Crippen molar-refractivity contribution in [3.05, 3.63) is 69.9 Å². The first kappa shape index (κ1) is 16.8. The average Bonchev–Trinajstić information content (AvgIpc) is 2.55. The first-order valence-corrected chi connectivity index (χ1v) is 8.75. The van der Waals surface area contributed by atoms with Gasteiger partial charge in [-0.05, 0) is 32.0 Å². The molecule has 0 aliphatic rings. The van der Waals surface area contributed by atoms with E-state index in [4.69, 9.17) is 4.18 Å². The van der Waals surface area contributed by atoms with Crippen LogP contribution in [0.5, 0.6) is 5.75 Å². The van der Waals surface area contributed by atoms with Crippen molar-refractivity contribution in [1.29, 1.82) is 0 Å². The summed E-state index contributed by atoms with van der Waals surface area (Å²) in [4.78, 5) is 14.4. The van der Waals surface area contributed by atoms with Gasteiger partial charge in [0, 0.05) is 22.7 Å². The van der Waals surface area contributed by atoms with Crippen molar-refractivity contribution in [3.63, 3.8) is 0 Å². The second-order valence-electron chi connectivity index (χ2n) is 5.52. The monoisotopic (exact) mass is 358 g/mol. The number of pyridine rings is 1. The number of aryl methyl sites for hydroxylation is 2. The summed E-state index contributed by atoms with van der Waals surface area (Å²) in [6.45, 7) is 3.32. The number of nitro groups is 1. The highest BCUT2D eigenvalue weighted by atomic mass is 32.2. The van der Waals surface area contributed by atoms with Crippen molar-refractivity contribution in [2.45, 2.75) is 18.7 Å². The molecule has 7 nitrogen and oxygen atoms in total. The number of aromatic nitrogens is 1. The van der Waals surface area contributed by atoms with E-state index in [-0.39, 0.29) is 16.3 Å². The standard InChI is InChI=1S/C17H14N2O5S/c1-11-6-9-14(10-15(11)19(20)21)25(22,23)24-16-5-3-4-13-8-7-12(2)18-17(13)16/h3-10H,1-2H3. The Balaban J connectivity index is 2.07. The second-order valence-corrected chi connectivity index (χ2v) is 7.07. The number of nitrogens with zero attached hydrogens (tertiary/aromatic N) is 2. The molecule has 3 rings (SSSR count). The molecule has 0 radical (unpaired) electrons. The number of hydrogen-bond donors (Lipinski definition) is 0. The van der Waals surface area contributed by atoms with Crippen LogP contribution >= 0.6 is 0 Å². The highest BCUT2D eigenvalue weighted by Gasteiger charge is 2.22. The van der Waals surface area contributed by atoms with Gasteiger partial charge in [-0.25, -0.2) is 4.98 Å². The zero-order valence-corrected chi connectivity index (χ0v) is 14.3. The molecule has 128 valence electrons. The molecule has 0 N–H and O–H groups in total. The number of benzene rings is 2. The number of nitro benzene ring substituents is 1. The predicted molar refractivity (Wildman–Crippen MR) is 92.1 cm³/mol. The lowest BCUT2D eigenvalue weighted by Gasteiger charge is -2.10. The van der Waals surface area contributed by atoms with Crippen molar-refractivity contribution in [2.24, 2.45) is 0 Å². The van der Waals surface area contributed by atoms with E-state index in [1.165, 1.54) is 25.1 Å². The van der Waals surface area contributed by atoms with Crippen LogP contribution in [0.1, 0.15) is 11.3 Å². The minimum absolute atomic E-state index is 0.0735. The van der Waals surface area contributed by atoms with Gasteiger partial charge in [0.25, 0.3) is 5.69 Å². The minimum atomic E-state index is -4.23. The van der Waals surface area contributed by atoms with Gasteiger partial charge in [0.1, 0.15) is 10.4 Å². The Kier molecular flexibility index (Phi) is 4.13. The van der Waals surface area contributed by atoms with Crippen LogP contribution in [0.3, 0.4) is 0 Å². The van der Waals surface area contributed by atoms with Gasteiger partial charge in [-0.2, -0.15) is 8.42 Å². The highest BCUT2D eigenvalue weighted by molar-refractivity contribution is 7.87. The van der Waals surface area contributed by atoms with E-state index in [1.807, 2.05) is 12.1 Å². The third-order valence-corrected chi connectivity index (χ3v) is 4.92. The van der Waals surface area contributed by atoms with Gasteiger partial charge in [0.05, 0.1) is 4.92 Å². The Labute approximate surface area is 144 Å². The lowest BCUT2D eigenvalue weighted by Crippen LogP contribution is -2.11. The molecule has 1 heterocycles. The summed E-state index contributed by atoms with van der Waals surface area (Å²) < 4.78 is 30.3. The van der Waals surface area contributed by atoms with Crippen LogP contribution in [0.2, 0.25) is 0 Å². The molecule has 8 heteroatoms. The Morgan fingerprint density at radius 2 is 1.84 bits per heavy atom.